The van der Waals surface area contributed by atoms with E-state index in [0.717, 1.165) is 0 Å². The molecule has 5 nitrogen and oxygen atoms in total. The summed E-state index contributed by atoms with van der Waals surface area (Å²) in [4.78, 5) is 10.1. The molecule has 0 aromatic heterocycles. The van der Waals surface area contributed by atoms with E-state index in [-0.39, 0.29) is 0 Å². The van der Waals surface area contributed by atoms with Crippen LogP contribution in [0.5, 0.6) is 0 Å². The van der Waals surface area contributed by atoms with Crippen molar-refractivity contribution in [3.05, 3.63) is 0 Å². The predicted molar refractivity (Wildman–Crippen MR) is 36.4 cm³/mol. The smallest absolute Gasteiger partial charge is 0.336 e. The van der Waals surface area contributed by atoms with E-state index in [2.05, 4.69) is 5.92 Å². The Morgan fingerprint density at radius 2 is 2.00 bits per heavy atom. The second-order valence-corrected chi connectivity index (χ2v) is 3.13. The summed E-state index contributed by atoms with van der Waals surface area (Å²) in [6.07, 6.45) is 0. The number of hydrogen-bond acceptors (Lipinski definition) is 3. The Morgan fingerprint density at radius 1 is 1.55 bits per heavy atom. The van der Waals surface area contributed by atoms with Crippen LogP contribution >= 0.6 is 0 Å². The van der Waals surface area contributed by atoms with Crippen molar-refractivity contribution in [2.24, 2.45) is 0 Å². The Morgan fingerprint density at radius 3 is 2.09 bits per heavy atom. The molecule has 0 heterocycles. The maximum absolute atomic E-state index is 10.2. The van der Waals surface area contributed by atoms with E-state index in [0.29, 0.717) is 0 Å². The number of aliphatic carboxylic acids is 1. The zero-order valence-electron chi connectivity index (χ0n) is 5.60. The molecule has 11 heavy (non-hydrogen) atoms. The molecule has 0 aromatic carbocycles. The summed E-state index contributed by atoms with van der Waals surface area (Å²) >= 11 is 0. The Hall–Kier alpha value is -1.06. The van der Waals surface area contributed by atoms with Gasteiger partial charge in [0.2, 0.25) is 5.25 Å². The molecule has 2 N–H and O–H groups in total. The molecule has 0 aliphatic rings. The highest BCUT2D eigenvalue weighted by molar-refractivity contribution is 7.87. The molecule has 1 unspecified atom stereocenters. The number of hydrogen-bond donors (Lipinski definition) is 2. The Balaban J connectivity index is 4.89. The molecule has 6 heteroatoms. The Labute approximate surface area is 63.8 Å². The number of carbonyl (C=O) groups is 1. The lowest BCUT2D eigenvalue weighted by atomic mass is 10.4. The van der Waals surface area contributed by atoms with E-state index in [1.54, 1.807) is 0 Å². The zero-order chi connectivity index (χ0) is 9.07. The zero-order valence-corrected chi connectivity index (χ0v) is 6.42. The second kappa shape index (κ2) is 3.37. The highest BCUT2D eigenvalue weighted by Crippen LogP contribution is 1.96. The molecule has 0 saturated carbocycles. The van der Waals surface area contributed by atoms with Crippen molar-refractivity contribution in [2.75, 3.05) is 0 Å². The first-order chi connectivity index (χ1) is 4.89. The number of carboxylic acids is 1. The first-order valence-corrected chi connectivity index (χ1v) is 4.01. The largest absolute Gasteiger partial charge is 0.479 e. The van der Waals surface area contributed by atoms with Gasteiger partial charge in [0.25, 0.3) is 10.1 Å². The van der Waals surface area contributed by atoms with Gasteiger partial charge in [-0.1, -0.05) is 5.92 Å². The minimum absolute atomic E-state index is 1.28. The average molecular weight is 178 g/mol. The SMILES string of the molecule is CC#CC(C(=O)O)S(=O)(=O)O. The molecule has 0 radical (unpaired) electrons. The molecule has 0 amide bonds. The maximum Gasteiger partial charge on any atom is 0.336 e. The van der Waals surface area contributed by atoms with E-state index < -0.39 is 21.3 Å². The minimum atomic E-state index is -4.60. The van der Waals surface area contributed by atoms with Crippen LogP contribution in [0.3, 0.4) is 0 Å². The molecule has 1 atom stereocenters. The molecule has 62 valence electrons. The Kier molecular flexibility index (Phi) is 3.04. The highest BCUT2D eigenvalue weighted by Gasteiger charge is 2.28. The van der Waals surface area contributed by atoms with Crippen LogP contribution in [0, 0.1) is 11.8 Å². The summed E-state index contributed by atoms with van der Waals surface area (Å²) in [5.41, 5.74) is 0. The van der Waals surface area contributed by atoms with Gasteiger partial charge in [-0.25, -0.2) is 4.79 Å². The van der Waals surface area contributed by atoms with Gasteiger partial charge in [-0.05, 0) is 6.92 Å². The van der Waals surface area contributed by atoms with E-state index >= 15 is 0 Å². The highest BCUT2D eigenvalue weighted by atomic mass is 32.2. The monoisotopic (exact) mass is 178 g/mol. The fourth-order valence-electron chi connectivity index (χ4n) is 0.395. The first kappa shape index (κ1) is 9.94. The van der Waals surface area contributed by atoms with Crippen molar-refractivity contribution in [2.45, 2.75) is 12.2 Å². The third kappa shape index (κ3) is 3.02. The van der Waals surface area contributed by atoms with Gasteiger partial charge in [0.15, 0.2) is 0 Å². The van der Waals surface area contributed by atoms with Crippen LogP contribution < -0.4 is 0 Å². The van der Waals surface area contributed by atoms with Crippen molar-refractivity contribution >= 4 is 16.1 Å². The fraction of sp³-hybridized carbons (Fsp3) is 0.400. The molecule has 0 aliphatic carbocycles. The molecule has 0 saturated heterocycles. The van der Waals surface area contributed by atoms with Crippen molar-refractivity contribution in [1.82, 2.24) is 0 Å². The summed E-state index contributed by atoms with van der Waals surface area (Å²) < 4.78 is 28.7. The van der Waals surface area contributed by atoms with Crippen LogP contribution in [0.1, 0.15) is 6.92 Å². The molecular formula is C5H6O5S. The summed E-state index contributed by atoms with van der Waals surface area (Å²) in [5.74, 6) is 2.24. The third-order valence-electron chi connectivity index (χ3n) is 0.798. The van der Waals surface area contributed by atoms with Crippen LogP contribution in [0.4, 0.5) is 0 Å². The van der Waals surface area contributed by atoms with E-state index in [4.69, 9.17) is 9.66 Å². The van der Waals surface area contributed by atoms with Gasteiger partial charge in [0, 0.05) is 0 Å². The lowest BCUT2D eigenvalue weighted by Crippen LogP contribution is -2.27. The number of carboxylic acid groups (broad SMARTS) is 1. The van der Waals surface area contributed by atoms with Crippen molar-refractivity contribution in [1.29, 1.82) is 0 Å². The van der Waals surface area contributed by atoms with Crippen LogP contribution in [-0.4, -0.2) is 29.3 Å². The second-order valence-electron chi connectivity index (χ2n) is 1.63. The van der Waals surface area contributed by atoms with E-state index in [9.17, 15) is 13.2 Å². The van der Waals surface area contributed by atoms with Crippen molar-refractivity contribution < 1.29 is 22.9 Å². The standard InChI is InChI=1S/C5H6O5S/c1-2-3-4(5(6)7)11(8,9)10/h4H,1H3,(H,6,7)(H,8,9,10). The van der Waals surface area contributed by atoms with Crippen molar-refractivity contribution in [3.8, 4) is 11.8 Å². The van der Waals surface area contributed by atoms with E-state index in [1.807, 2.05) is 5.92 Å². The van der Waals surface area contributed by atoms with Gasteiger partial charge >= 0.3 is 5.97 Å². The molecular weight excluding hydrogens is 172 g/mol. The topological polar surface area (TPSA) is 91.7 Å². The van der Waals surface area contributed by atoms with Crippen molar-refractivity contribution in [3.63, 3.8) is 0 Å². The maximum atomic E-state index is 10.2. The average Bonchev–Trinajstić information content (AvgIpc) is 1.79. The molecule has 0 rings (SSSR count). The summed E-state index contributed by atoms with van der Waals surface area (Å²) in [6, 6.07) is 0. The lowest BCUT2D eigenvalue weighted by Gasteiger charge is -1.98. The molecule has 0 aliphatic heterocycles. The van der Waals surface area contributed by atoms with Gasteiger partial charge in [0.05, 0.1) is 0 Å². The van der Waals surface area contributed by atoms with Gasteiger partial charge in [-0.2, -0.15) is 8.42 Å². The minimum Gasteiger partial charge on any atom is -0.479 e. The summed E-state index contributed by atoms with van der Waals surface area (Å²) in [5, 5.41) is 6.16. The fourth-order valence-corrected chi connectivity index (χ4v) is 0.916. The number of rotatable bonds is 2. The molecule has 0 fully saturated rings. The summed E-state index contributed by atoms with van der Waals surface area (Å²) in [6.45, 7) is 1.28. The molecule has 0 spiro atoms. The first-order valence-electron chi connectivity index (χ1n) is 2.51. The normalized spacial score (nSPS) is 12.9. The predicted octanol–water partition coefficient (Wildman–Crippen LogP) is -0.649. The lowest BCUT2D eigenvalue weighted by molar-refractivity contribution is -0.135. The van der Waals surface area contributed by atoms with Gasteiger partial charge in [-0.3, -0.25) is 4.55 Å². The quantitative estimate of drug-likeness (QED) is 0.433. The van der Waals surface area contributed by atoms with Crippen LogP contribution in [0.15, 0.2) is 0 Å². The Bertz CT molecular complexity index is 303. The third-order valence-corrected chi connectivity index (χ3v) is 1.71. The van der Waals surface area contributed by atoms with E-state index in [1.165, 1.54) is 6.92 Å². The molecule has 0 bridgehead atoms. The van der Waals surface area contributed by atoms with Crippen LogP contribution in [0.25, 0.3) is 0 Å². The van der Waals surface area contributed by atoms with Gasteiger partial charge in [-0.15, -0.1) is 5.92 Å². The molecule has 0 aromatic rings. The van der Waals surface area contributed by atoms with Crippen LogP contribution in [-0.2, 0) is 14.9 Å². The summed E-state index contributed by atoms with van der Waals surface area (Å²) in [7, 11) is -4.60. The van der Waals surface area contributed by atoms with Gasteiger partial charge in [0.1, 0.15) is 0 Å². The van der Waals surface area contributed by atoms with Crippen LogP contribution in [0.2, 0.25) is 0 Å². The van der Waals surface area contributed by atoms with Gasteiger partial charge < -0.3 is 5.11 Å².